The van der Waals surface area contributed by atoms with Crippen molar-refractivity contribution in [2.75, 3.05) is 26.8 Å². The molecule has 0 heterocycles. The van der Waals surface area contributed by atoms with Crippen molar-refractivity contribution in [3.8, 4) is 0 Å². The number of hydrogen-bond acceptors (Lipinski definition) is 3. The van der Waals surface area contributed by atoms with Crippen LogP contribution in [0.15, 0.2) is 0 Å². The van der Waals surface area contributed by atoms with Gasteiger partial charge >= 0.3 is 0 Å². The van der Waals surface area contributed by atoms with E-state index >= 15 is 0 Å². The lowest BCUT2D eigenvalue weighted by atomic mass is 9.83. The number of hydrogen-bond donors (Lipinski definition) is 1. The highest BCUT2D eigenvalue weighted by Gasteiger charge is 2.40. The van der Waals surface area contributed by atoms with Crippen LogP contribution in [0, 0.1) is 11.8 Å². The van der Waals surface area contributed by atoms with E-state index in [-0.39, 0.29) is 5.54 Å². The SMILES string of the molecule is COCC(CN)(C(C)C)N(CC(C)C)C(C)C. The van der Waals surface area contributed by atoms with Gasteiger partial charge in [0, 0.05) is 26.2 Å². The Morgan fingerprint density at radius 2 is 1.65 bits per heavy atom. The topological polar surface area (TPSA) is 38.5 Å². The lowest BCUT2D eigenvalue weighted by Gasteiger charge is -2.49. The predicted octanol–water partition coefficient (Wildman–Crippen LogP) is 2.35. The summed E-state index contributed by atoms with van der Waals surface area (Å²) in [6, 6.07) is 0.485. The quantitative estimate of drug-likeness (QED) is 0.712. The van der Waals surface area contributed by atoms with Gasteiger partial charge in [0.2, 0.25) is 0 Å². The van der Waals surface area contributed by atoms with Gasteiger partial charge in [0.1, 0.15) is 0 Å². The van der Waals surface area contributed by atoms with Gasteiger partial charge in [-0.05, 0) is 25.7 Å². The number of nitrogens with two attached hydrogens (primary N) is 1. The zero-order valence-electron chi connectivity index (χ0n) is 12.8. The smallest absolute Gasteiger partial charge is 0.0661 e. The van der Waals surface area contributed by atoms with Gasteiger partial charge in [-0.1, -0.05) is 27.7 Å². The van der Waals surface area contributed by atoms with Gasteiger partial charge in [0.05, 0.1) is 12.1 Å². The van der Waals surface area contributed by atoms with Crippen LogP contribution in [0.5, 0.6) is 0 Å². The Kier molecular flexibility index (Phi) is 7.29. The summed E-state index contributed by atoms with van der Waals surface area (Å²) in [7, 11) is 1.76. The molecule has 3 heteroatoms. The molecule has 0 saturated carbocycles. The van der Waals surface area contributed by atoms with Crippen molar-refractivity contribution >= 4 is 0 Å². The first-order valence-corrected chi connectivity index (χ1v) is 6.77. The molecule has 1 unspecified atom stereocenters. The van der Waals surface area contributed by atoms with Gasteiger partial charge in [-0.3, -0.25) is 4.90 Å². The molecule has 3 nitrogen and oxygen atoms in total. The van der Waals surface area contributed by atoms with Crippen LogP contribution < -0.4 is 5.73 Å². The van der Waals surface area contributed by atoms with Crippen LogP contribution in [-0.4, -0.2) is 43.3 Å². The molecule has 0 aliphatic rings. The number of ether oxygens (including phenoxy) is 1. The highest BCUT2D eigenvalue weighted by Crippen LogP contribution is 2.28. The Morgan fingerprint density at radius 1 is 1.12 bits per heavy atom. The highest BCUT2D eigenvalue weighted by atomic mass is 16.5. The van der Waals surface area contributed by atoms with Crippen LogP contribution in [0.25, 0.3) is 0 Å². The van der Waals surface area contributed by atoms with Gasteiger partial charge in [0.15, 0.2) is 0 Å². The first-order valence-electron chi connectivity index (χ1n) is 6.77. The van der Waals surface area contributed by atoms with Crippen molar-refractivity contribution in [2.24, 2.45) is 17.6 Å². The van der Waals surface area contributed by atoms with Gasteiger partial charge < -0.3 is 10.5 Å². The van der Waals surface area contributed by atoms with E-state index in [1.54, 1.807) is 7.11 Å². The van der Waals surface area contributed by atoms with E-state index in [1.165, 1.54) is 0 Å². The molecule has 0 fully saturated rings. The Bertz CT molecular complexity index is 204. The minimum atomic E-state index is -0.0484. The molecular weight excluding hydrogens is 212 g/mol. The third-order valence-electron chi connectivity index (χ3n) is 3.58. The Morgan fingerprint density at radius 3 is 1.88 bits per heavy atom. The summed E-state index contributed by atoms with van der Waals surface area (Å²) in [4.78, 5) is 2.52. The maximum absolute atomic E-state index is 6.09. The summed E-state index contributed by atoms with van der Waals surface area (Å²) in [5, 5.41) is 0. The summed E-state index contributed by atoms with van der Waals surface area (Å²) in [5.74, 6) is 1.12. The highest BCUT2D eigenvalue weighted by molar-refractivity contribution is 4.96. The first kappa shape index (κ1) is 16.9. The number of methoxy groups -OCH3 is 1. The maximum Gasteiger partial charge on any atom is 0.0661 e. The van der Waals surface area contributed by atoms with E-state index < -0.39 is 0 Å². The van der Waals surface area contributed by atoms with E-state index in [4.69, 9.17) is 10.5 Å². The second-order valence-corrected chi connectivity index (χ2v) is 6.04. The van der Waals surface area contributed by atoms with Crippen molar-refractivity contribution in [3.05, 3.63) is 0 Å². The first-order chi connectivity index (χ1) is 7.81. The molecule has 0 amide bonds. The van der Waals surface area contributed by atoms with Crippen molar-refractivity contribution in [1.29, 1.82) is 0 Å². The normalized spacial score (nSPS) is 16.2. The van der Waals surface area contributed by atoms with Crippen LogP contribution in [0.2, 0.25) is 0 Å². The Labute approximate surface area is 108 Å². The minimum absolute atomic E-state index is 0.0484. The fourth-order valence-electron chi connectivity index (χ4n) is 2.54. The van der Waals surface area contributed by atoms with E-state index in [2.05, 4.69) is 46.4 Å². The monoisotopic (exact) mass is 244 g/mol. The summed E-state index contributed by atoms with van der Waals surface area (Å²) in [6.07, 6.45) is 0. The van der Waals surface area contributed by atoms with Crippen LogP contribution >= 0.6 is 0 Å². The molecule has 0 bridgehead atoms. The second-order valence-electron chi connectivity index (χ2n) is 6.04. The molecule has 0 radical (unpaired) electrons. The summed E-state index contributed by atoms with van der Waals surface area (Å²) < 4.78 is 5.45. The molecular formula is C14H32N2O. The molecule has 1 atom stereocenters. The zero-order chi connectivity index (χ0) is 13.6. The molecule has 0 aromatic rings. The van der Waals surface area contributed by atoms with Crippen molar-refractivity contribution in [1.82, 2.24) is 4.90 Å². The number of nitrogens with zero attached hydrogens (tertiary/aromatic N) is 1. The van der Waals surface area contributed by atoms with Crippen LogP contribution in [-0.2, 0) is 4.74 Å². The van der Waals surface area contributed by atoms with E-state index in [9.17, 15) is 0 Å². The lowest BCUT2D eigenvalue weighted by Crippen LogP contribution is -2.63. The molecule has 0 aromatic heterocycles. The Hall–Kier alpha value is -0.120. The standard InChI is InChI=1S/C14H32N2O/c1-11(2)8-16(13(5)6)14(9-15,10-17-7)12(3)4/h11-13H,8-10,15H2,1-7H3. The zero-order valence-corrected chi connectivity index (χ0v) is 12.8. The van der Waals surface area contributed by atoms with Crippen LogP contribution in [0.4, 0.5) is 0 Å². The fourth-order valence-corrected chi connectivity index (χ4v) is 2.54. The minimum Gasteiger partial charge on any atom is -0.383 e. The van der Waals surface area contributed by atoms with Crippen molar-refractivity contribution in [2.45, 2.75) is 53.1 Å². The average molecular weight is 244 g/mol. The third kappa shape index (κ3) is 4.23. The van der Waals surface area contributed by atoms with Crippen LogP contribution in [0.1, 0.15) is 41.5 Å². The van der Waals surface area contributed by atoms with Gasteiger partial charge in [-0.15, -0.1) is 0 Å². The van der Waals surface area contributed by atoms with Gasteiger partial charge in [-0.25, -0.2) is 0 Å². The third-order valence-corrected chi connectivity index (χ3v) is 3.58. The molecule has 0 rings (SSSR count). The maximum atomic E-state index is 6.09. The molecule has 0 saturated heterocycles. The summed E-state index contributed by atoms with van der Waals surface area (Å²) >= 11 is 0. The second kappa shape index (κ2) is 7.34. The van der Waals surface area contributed by atoms with Crippen LogP contribution in [0.3, 0.4) is 0 Å². The van der Waals surface area contributed by atoms with Crippen molar-refractivity contribution < 1.29 is 4.74 Å². The van der Waals surface area contributed by atoms with E-state index in [0.717, 1.165) is 6.54 Å². The lowest BCUT2D eigenvalue weighted by molar-refractivity contribution is -0.0395. The summed E-state index contributed by atoms with van der Waals surface area (Å²) in [6.45, 7) is 15.9. The molecule has 17 heavy (non-hydrogen) atoms. The molecule has 0 spiro atoms. The molecule has 0 aliphatic heterocycles. The largest absolute Gasteiger partial charge is 0.383 e. The van der Waals surface area contributed by atoms with Crippen molar-refractivity contribution in [3.63, 3.8) is 0 Å². The van der Waals surface area contributed by atoms with Gasteiger partial charge in [-0.2, -0.15) is 0 Å². The number of rotatable bonds is 8. The fraction of sp³-hybridized carbons (Fsp3) is 1.00. The molecule has 104 valence electrons. The van der Waals surface area contributed by atoms with E-state index in [1.807, 2.05) is 0 Å². The summed E-state index contributed by atoms with van der Waals surface area (Å²) in [5.41, 5.74) is 6.04. The Balaban J connectivity index is 5.18. The molecule has 0 aromatic carbocycles. The average Bonchev–Trinajstić information content (AvgIpc) is 2.22. The van der Waals surface area contributed by atoms with Gasteiger partial charge in [0.25, 0.3) is 0 Å². The molecule has 0 aliphatic carbocycles. The van der Waals surface area contributed by atoms with E-state index in [0.29, 0.717) is 31.0 Å². The predicted molar refractivity (Wildman–Crippen MR) is 75.2 cm³/mol. The molecule has 2 N–H and O–H groups in total.